The fourth-order valence-corrected chi connectivity index (χ4v) is 5.19. The van der Waals surface area contributed by atoms with Crippen LogP contribution in [-0.4, -0.2) is 16.6 Å². The average molecular weight is 376 g/mol. The Kier molecular flexibility index (Phi) is 4.99. The molecule has 0 fully saturated rings. The summed E-state index contributed by atoms with van der Waals surface area (Å²) in [7, 11) is 0. The lowest BCUT2D eigenvalue weighted by Crippen LogP contribution is -2.31. The van der Waals surface area contributed by atoms with Gasteiger partial charge >= 0.3 is 0 Å². The summed E-state index contributed by atoms with van der Waals surface area (Å²) in [6, 6.07) is 3.58. The van der Waals surface area contributed by atoms with Crippen molar-refractivity contribution in [2.75, 3.05) is 5.32 Å². The molecule has 0 amide bonds. The molecule has 3 N–H and O–H groups in total. The number of fused-ring (bicyclic) bond motifs is 1. The Morgan fingerprint density at radius 3 is 3.00 bits per heavy atom. The largest absolute Gasteiger partial charge is 0.370 e. The number of hydrogen-bond acceptors (Lipinski definition) is 6. The fraction of sp³-hybridized carbons (Fsp3) is 0.357. The first kappa shape index (κ1) is 16.1. The molecule has 0 aliphatic rings. The summed E-state index contributed by atoms with van der Waals surface area (Å²) in [6.07, 6.45) is -0.619. The third kappa shape index (κ3) is 3.28. The number of nitrogens with one attached hydrogen (secondary N) is 1. The lowest BCUT2D eigenvalue weighted by Gasteiger charge is -2.11. The Labute approximate surface area is 145 Å². The van der Waals surface area contributed by atoms with Gasteiger partial charge in [-0.15, -0.1) is 22.7 Å². The van der Waals surface area contributed by atoms with Crippen molar-refractivity contribution in [2.45, 2.75) is 32.1 Å². The third-order valence-electron chi connectivity index (χ3n) is 3.34. The minimum atomic E-state index is -1.06. The van der Waals surface area contributed by atoms with E-state index in [2.05, 4.69) is 21.1 Å². The number of hydrogen-bond donors (Lipinski definition) is 2. The third-order valence-corrected chi connectivity index (χ3v) is 6.89. The molecule has 0 aromatic carbocycles. The number of anilines is 1. The predicted octanol–water partition coefficient (Wildman–Crippen LogP) is 4.91. The SMILES string of the molecule is C[C@@H](F)[C@H](N)Cc1sc2c(NCc3cccs3)snc2c1Cl. The van der Waals surface area contributed by atoms with Gasteiger partial charge in [0.15, 0.2) is 0 Å². The fourth-order valence-electron chi connectivity index (χ4n) is 2.02. The van der Waals surface area contributed by atoms with E-state index in [1.807, 2.05) is 6.07 Å². The Hall–Kier alpha value is -0.730. The van der Waals surface area contributed by atoms with Crippen LogP contribution in [0.1, 0.15) is 16.7 Å². The molecule has 3 rings (SSSR count). The first-order valence-electron chi connectivity index (χ1n) is 6.78. The number of nitrogens with two attached hydrogens (primary N) is 1. The quantitative estimate of drug-likeness (QED) is 0.643. The topological polar surface area (TPSA) is 50.9 Å². The van der Waals surface area contributed by atoms with Crippen LogP contribution in [0, 0.1) is 0 Å². The molecule has 0 unspecified atom stereocenters. The van der Waals surface area contributed by atoms with Gasteiger partial charge in [-0.2, -0.15) is 4.37 Å². The molecule has 8 heteroatoms. The van der Waals surface area contributed by atoms with E-state index in [1.54, 1.807) is 22.7 Å². The first-order chi connectivity index (χ1) is 10.6. The van der Waals surface area contributed by atoms with Gasteiger partial charge in [0, 0.05) is 22.2 Å². The van der Waals surface area contributed by atoms with Gasteiger partial charge in [0.05, 0.1) is 16.3 Å². The maximum absolute atomic E-state index is 13.3. The van der Waals surface area contributed by atoms with Crippen LogP contribution >= 0.6 is 45.8 Å². The van der Waals surface area contributed by atoms with Gasteiger partial charge in [-0.1, -0.05) is 17.7 Å². The van der Waals surface area contributed by atoms with Crippen molar-refractivity contribution in [2.24, 2.45) is 5.73 Å². The molecule has 3 aromatic heterocycles. The maximum atomic E-state index is 13.3. The zero-order valence-electron chi connectivity index (χ0n) is 11.8. The second-order valence-corrected chi connectivity index (χ2v) is 8.30. The Bertz CT molecular complexity index is 751. The molecule has 2 atom stereocenters. The van der Waals surface area contributed by atoms with E-state index in [1.165, 1.54) is 23.3 Å². The number of aromatic nitrogens is 1. The molecule has 3 nitrogen and oxygen atoms in total. The molecule has 0 aliphatic carbocycles. The molecular weight excluding hydrogens is 361 g/mol. The van der Waals surface area contributed by atoms with Gasteiger partial charge in [-0.25, -0.2) is 4.39 Å². The molecule has 0 saturated carbocycles. The van der Waals surface area contributed by atoms with Crippen molar-refractivity contribution >= 4 is 61.0 Å². The van der Waals surface area contributed by atoms with Crippen molar-refractivity contribution < 1.29 is 4.39 Å². The molecule has 0 radical (unpaired) electrons. The van der Waals surface area contributed by atoms with Crippen LogP contribution in [0.5, 0.6) is 0 Å². The van der Waals surface area contributed by atoms with Crippen LogP contribution in [0.15, 0.2) is 17.5 Å². The second kappa shape index (κ2) is 6.80. The summed E-state index contributed by atoms with van der Waals surface area (Å²) >= 11 is 11.0. The van der Waals surface area contributed by atoms with Crippen molar-refractivity contribution in [1.29, 1.82) is 0 Å². The number of thiophene rings is 2. The molecule has 0 bridgehead atoms. The molecular formula is C14H15ClFN3S3. The van der Waals surface area contributed by atoms with Gasteiger partial charge in [0.1, 0.15) is 16.7 Å². The van der Waals surface area contributed by atoms with Gasteiger partial charge in [-0.3, -0.25) is 0 Å². The van der Waals surface area contributed by atoms with Gasteiger partial charge < -0.3 is 11.1 Å². The van der Waals surface area contributed by atoms with Crippen LogP contribution in [0.25, 0.3) is 10.2 Å². The first-order valence-corrected chi connectivity index (χ1v) is 9.63. The van der Waals surface area contributed by atoms with Crippen LogP contribution in [0.2, 0.25) is 5.02 Å². The zero-order chi connectivity index (χ0) is 15.7. The molecule has 3 aromatic rings. The highest BCUT2D eigenvalue weighted by Gasteiger charge is 2.20. The van der Waals surface area contributed by atoms with Crippen LogP contribution in [-0.2, 0) is 13.0 Å². The molecule has 22 heavy (non-hydrogen) atoms. The average Bonchev–Trinajstić information content (AvgIpc) is 3.17. The Morgan fingerprint density at radius 1 is 1.50 bits per heavy atom. The summed E-state index contributed by atoms with van der Waals surface area (Å²) < 4.78 is 18.7. The Balaban J connectivity index is 1.81. The minimum Gasteiger partial charge on any atom is -0.370 e. The summed E-state index contributed by atoms with van der Waals surface area (Å²) in [5.74, 6) is 0. The van der Waals surface area contributed by atoms with Crippen LogP contribution in [0.3, 0.4) is 0 Å². The lowest BCUT2D eigenvalue weighted by molar-refractivity contribution is 0.305. The summed E-state index contributed by atoms with van der Waals surface area (Å²) in [5, 5.41) is 7.07. The molecule has 118 valence electrons. The normalized spacial score (nSPS) is 14.4. The van der Waals surface area contributed by atoms with E-state index in [4.69, 9.17) is 17.3 Å². The number of nitrogens with zero attached hydrogens (tertiary/aromatic N) is 1. The zero-order valence-corrected chi connectivity index (χ0v) is 15.0. The smallest absolute Gasteiger partial charge is 0.127 e. The van der Waals surface area contributed by atoms with Crippen molar-refractivity contribution in [3.8, 4) is 0 Å². The predicted molar refractivity (Wildman–Crippen MR) is 96.4 cm³/mol. The van der Waals surface area contributed by atoms with E-state index in [-0.39, 0.29) is 0 Å². The highest BCUT2D eigenvalue weighted by atomic mass is 35.5. The summed E-state index contributed by atoms with van der Waals surface area (Å²) in [5.41, 5.74) is 6.60. The van der Waals surface area contributed by atoms with E-state index in [0.29, 0.717) is 11.4 Å². The number of halogens is 2. The second-order valence-electron chi connectivity index (χ2n) is 5.01. The van der Waals surface area contributed by atoms with E-state index >= 15 is 0 Å². The molecule has 0 saturated heterocycles. The van der Waals surface area contributed by atoms with Crippen molar-refractivity contribution in [3.63, 3.8) is 0 Å². The summed E-state index contributed by atoms with van der Waals surface area (Å²) in [6.45, 7) is 2.24. The Morgan fingerprint density at radius 2 is 2.32 bits per heavy atom. The molecule has 0 spiro atoms. The monoisotopic (exact) mass is 375 g/mol. The van der Waals surface area contributed by atoms with Gasteiger partial charge in [0.2, 0.25) is 0 Å². The maximum Gasteiger partial charge on any atom is 0.127 e. The van der Waals surface area contributed by atoms with E-state index in [9.17, 15) is 4.39 Å². The van der Waals surface area contributed by atoms with E-state index < -0.39 is 12.2 Å². The minimum absolute atomic E-state index is 0.437. The van der Waals surface area contributed by atoms with E-state index in [0.717, 1.165) is 26.6 Å². The standard InChI is InChI=1S/C14H15ClFN3S3/c1-7(16)9(17)5-10-11(15)12-13(21-10)14(22-19-12)18-6-8-3-2-4-20-8/h2-4,7,9,18H,5-6,17H2,1H3/t7-,9-/m1/s1. The van der Waals surface area contributed by atoms with Crippen molar-refractivity contribution in [3.05, 3.63) is 32.3 Å². The van der Waals surface area contributed by atoms with Crippen molar-refractivity contribution in [1.82, 2.24) is 4.37 Å². The summed E-state index contributed by atoms with van der Waals surface area (Å²) in [4.78, 5) is 2.17. The highest BCUT2D eigenvalue weighted by Crippen LogP contribution is 2.42. The number of alkyl halides is 1. The van der Waals surface area contributed by atoms with Gasteiger partial charge in [-0.05, 0) is 29.9 Å². The molecule has 3 heterocycles. The van der Waals surface area contributed by atoms with Crippen LogP contribution in [0.4, 0.5) is 9.39 Å². The lowest BCUT2D eigenvalue weighted by atomic mass is 10.1. The molecule has 0 aliphatic heterocycles. The van der Waals surface area contributed by atoms with Crippen LogP contribution < -0.4 is 11.1 Å². The highest BCUT2D eigenvalue weighted by molar-refractivity contribution is 7.25. The van der Waals surface area contributed by atoms with Gasteiger partial charge in [0.25, 0.3) is 0 Å². The number of rotatable bonds is 6.